The molecule has 0 bridgehead atoms. The number of nitrogens with one attached hydrogen (secondary N) is 1. The standard InChI is InChI=1S/C27H24N4O4/c1-15-9-10-20(13-16(15)2)27(19-11-12-19)24(25(33)30-31-27)29-28-22-8-4-7-21(23(22)32)17-5-3-6-18(14-17)26(34)35/h3-10,13-14,19,28,32H,11-12H2,1-2H3,(H,34,35). The molecule has 1 atom stereocenters. The van der Waals surface area contributed by atoms with E-state index in [9.17, 15) is 19.8 Å². The summed E-state index contributed by atoms with van der Waals surface area (Å²) in [5, 5.41) is 33.0. The number of rotatable bonds is 6. The molecule has 176 valence electrons. The molecule has 0 aromatic heterocycles. The van der Waals surface area contributed by atoms with E-state index in [1.165, 1.54) is 12.1 Å². The van der Waals surface area contributed by atoms with Crippen LogP contribution >= 0.6 is 0 Å². The minimum absolute atomic E-state index is 0.109. The minimum atomic E-state index is -1.05. The lowest BCUT2D eigenvalue weighted by molar-refractivity contribution is -0.111. The van der Waals surface area contributed by atoms with Gasteiger partial charge in [0.15, 0.2) is 11.3 Å². The minimum Gasteiger partial charge on any atom is -0.505 e. The first-order chi connectivity index (χ1) is 16.8. The van der Waals surface area contributed by atoms with Gasteiger partial charge >= 0.3 is 11.9 Å². The van der Waals surface area contributed by atoms with Crippen LogP contribution in [0.25, 0.3) is 11.1 Å². The number of phenolic OH excluding ortho intramolecular Hbond substituents is 1. The van der Waals surface area contributed by atoms with Crippen LogP contribution < -0.4 is 5.43 Å². The van der Waals surface area contributed by atoms with Gasteiger partial charge in [0.1, 0.15) is 5.75 Å². The number of aromatic hydroxyl groups is 1. The molecule has 35 heavy (non-hydrogen) atoms. The molecule has 1 heterocycles. The number of amides is 1. The number of nitrogens with zero attached hydrogens (tertiary/aromatic N) is 3. The van der Waals surface area contributed by atoms with E-state index in [0.29, 0.717) is 11.1 Å². The van der Waals surface area contributed by atoms with Gasteiger partial charge in [0.05, 0.1) is 11.3 Å². The molecule has 1 fully saturated rings. The number of para-hydroxylation sites is 1. The van der Waals surface area contributed by atoms with E-state index in [2.05, 4.69) is 20.8 Å². The molecule has 1 saturated carbocycles. The number of hydrogen-bond donors (Lipinski definition) is 3. The average molecular weight is 469 g/mol. The van der Waals surface area contributed by atoms with Crippen LogP contribution in [0.5, 0.6) is 5.75 Å². The second-order valence-electron chi connectivity index (χ2n) is 9.00. The van der Waals surface area contributed by atoms with E-state index in [-0.39, 0.29) is 28.6 Å². The lowest BCUT2D eigenvalue weighted by atomic mass is 9.80. The first kappa shape index (κ1) is 22.5. The largest absolute Gasteiger partial charge is 0.505 e. The Balaban J connectivity index is 1.53. The fraction of sp³-hybridized carbons (Fsp3) is 0.222. The van der Waals surface area contributed by atoms with E-state index in [0.717, 1.165) is 29.5 Å². The molecule has 1 aliphatic heterocycles. The van der Waals surface area contributed by atoms with Gasteiger partial charge in [-0.1, -0.05) is 42.5 Å². The highest BCUT2D eigenvalue weighted by molar-refractivity contribution is 6.44. The maximum atomic E-state index is 12.8. The van der Waals surface area contributed by atoms with Crippen molar-refractivity contribution >= 4 is 23.3 Å². The lowest BCUT2D eigenvalue weighted by Gasteiger charge is -2.26. The van der Waals surface area contributed by atoms with Gasteiger partial charge in [-0.3, -0.25) is 10.2 Å². The predicted octanol–water partition coefficient (Wildman–Crippen LogP) is 5.44. The van der Waals surface area contributed by atoms with Crippen LogP contribution in [0.3, 0.4) is 0 Å². The lowest BCUT2D eigenvalue weighted by Crippen LogP contribution is -2.37. The van der Waals surface area contributed by atoms with Crippen molar-refractivity contribution in [3.8, 4) is 16.9 Å². The summed E-state index contributed by atoms with van der Waals surface area (Å²) in [7, 11) is 0. The van der Waals surface area contributed by atoms with Gasteiger partial charge < -0.3 is 10.2 Å². The van der Waals surface area contributed by atoms with Crippen molar-refractivity contribution in [2.24, 2.45) is 21.2 Å². The Kier molecular flexibility index (Phi) is 5.43. The molecule has 0 spiro atoms. The van der Waals surface area contributed by atoms with Crippen molar-refractivity contribution in [2.45, 2.75) is 32.2 Å². The highest BCUT2D eigenvalue weighted by Gasteiger charge is 2.56. The number of phenols is 1. The molecule has 1 unspecified atom stereocenters. The number of aryl methyl sites for hydroxylation is 2. The van der Waals surface area contributed by atoms with Gasteiger partial charge in [0, 0.05) is 5.56 Å². The van der Waals surface area contributed by atoms with Gasteiger partial charge in [0.25, 0.3) is 0 Å². The molecule has 3 aromatic rings. The van der Waals surface area contributed by atoms with Gasteiger partial charge in [-0.05, 0) is 73.1 Å². The molecule has 5 rings (SSSR count). The first-order valence-corrected chi connectivity index (χ1v) is 11.4. The quantitative estimate of drug-likeness (QED) is 0.328. The summed E-state index contributed by atoms with van der Waals surface area (Å²) in [4.78, 5) is 24.1. The normalized spacial score (nSPS) is 20.4. The van der Waals surface area contributed by atoms with Gasteiger partial charge in [0.2, 0.25) is 0 Å². The van der Waals surface area contributed by atoms with Crippen LogP contribution in [0.2, 0.25) is 0 Å². The number of carbonyl (C=O) groups is 2. The van der Waals surface area contributed by atoms with Crippen molar-refractivity contribution in [3.05, 3.63) is 82.9 Å². The van der Waals surface area contributed by atoms with Crippen molar-refractivity contribution < 1.29 is 19.8 Å². The van der Waals surface area contributed by atoms with E-state index in [1.54, 1.807) is 30.3 Å². The van der Waals surface area contributed by atoms with Gasteiger partial charge in [-0.25, -0.2) is 4.79 Å². The fourth-order valence-electron chi connectivity index (χ4n) is 4.50. The molecule has 3 N–H and O–H groups in total. The number of azo groups is 1. The summed E-state index contributed by atoms with van der Waals surface area (Å²) in [6.07, 6.45) is 1.83. The molecule has 0 radical (unpaired) electrons. The third-order valence-corrected chi connectivity index (χ3v) is 6.72. The SMILES string of the molecule is Cc1ccc(C2(C3CC3)N=NC(=O)C2=NNc2cccc(-c3cccc(C(=O)O)c3)c2O)cc1C. The molecule has 1 amide bonds. The molecular weight excluding hydrogens is 444 g/mol. The number of carbonyl (C=O) groups excluding carboxylic acids is 1. The van der Waals surface area contributed by atoms with E-state index < -0.39 is 17.4 Å². The van der Waals surface area contributed by atoms with E-state index in [4.69, 9.17) is 0 Å². The topological polar surface area (TPSA) is 124 Å². The smallest absolute Gasteiger partial charge is 0.335 e. The Morgan fingerprint density at radius 1 is 1.06 bits per heavy atom. The third kappa shape index (κ3) is 3.86. The summed E-state index contributed by atoms with van der Waals surface area (Å²) in [6.45, 7) is 4.05. The number of hydrazone groups is 1. The summed E-state index contributed by atoms with van der Waals surface area (Å²) in [5.74, 6) is -1.55. The van der Waals surface area contributed by atoms with E-state index in [1.807, 2.05) is 32.0 Å². The highest BCUT2D eigenvalue weighted by Crippen LogP contribution is 2.52. The second-order valence-corrected chi connectivity index (χ2v) is 9.00. The maximum absolute atomic E-state index is 12.8. The summed E-state index contributed by atoms with van der Waals surface area (Å²) in [6, 6.07) is 17.4. The molecule has 1 aliphatic carbocycles. The Morgan fingerprint density at radius 2 is 1.83 bits per heavy atom. The molecule has 8 heteroatoms. The highest BCUT2D eigenvalue weighted by atomic mass is 16.4. The Morgan fingerprint density at radius 3 is 2.54 bits per heavy atom. The summed E-state index contributed by atoms with van der Waals surface area (Å²) < 4.78 is 0. The first-order valence-electron chi connectivity index (χ1n) is 11.4. The number of benzene rings is 3. The van der Waals surface area contributed by atoms with Crippen LogP contribution in [0, 0.1) is 19.8 Å². The van der Waals surface area contributed by atoms with Crippen molar-refractivity contribution in [1.29, 1.82) is 0 Å². The fourth-order valence-corrected chi connectivity index (χ4v) is 4.50. The van der Waals surface area contributed by atoms with Crippen molar-refractivity contribution in [2.75, 3.05) is 5.43 Å². The third-order valence-electron chi connectivity index (χ3n) is 6.72. The van der Waals surface area contributed by atoms with Crippen LogP contribution in [0.4, 0.5) is 5.69 Å². The molecular formula is C27H24N4O4. The summed E-state index contributed by atoms with van der Waals surface area (Å²) >= 11 is 0. The van der Waals surface area contributed by atoms with Crippen molar-refractivity contribution in [3.63, 3.8) is 0 Å². The Labute approximate surface area is 202 Å². The van der Waals surface area contributed by atoms with Crippen LogP contribution in [0.1, 0.15) is 39.9 Å². The molecule has 0 saturated heterocycles. The van der Waals surface area contributed by atoms with Crippen LogP contribution in [-0.2, 0) is 10.3 Å². The maximum Gasteiger partial charge on any atom is 0.335 e. The van der Waals surface area contributed by atoms with Crippen LogP contribution in [-0.4, -0.2) is 27.8 Å². The monoisotopic (exact) mass is 468 g/mol. The van der Waals surface area contributed by atoms with Gasteiger partial charge in [-0.15, -0.1) is 5.11 Å². The molecule has 3 aromatic carbocycles. The van der Waals surface area contributed by atoms with Crippen LogP contribution in [0.15, 0.2) is 76.0 Å². The number of hydrogen-bond acceptors (Lipinski definition) is 6. The molecule has 2 aliphatic rings. The van der Waals surface area contributed by atoms with E-state index >= 15 is 0 Å². The Hall–Kier alpha value is -4.33. The number of carboxylic acid groups (broad SMARTS) is 1. The van der Waals surface area contributed by atoms with Gasteiger partial charge in [-0.2, -0.15) is 10.2 Å². The molecule has 8 nitrogen and oxygen atoms in total. The second kappa shape index (κ2) is 8.47. The number of aromatic carboxylic acids is 1. The zero-order valence-corrected chi connectivity index (χ0v) is 19.3. The summed E-state index contributed by atoms with van der Waals surface area (Å²) in [5.41, 5.74) is 6.58. The average Bonchev–Trinajstić information content (AvgIpc) is 3.65. The Bertz CT molecular complexity index is 1420. The number of carboxylic acids is 1. The number of anilines is 1. The zero-order valence-electron chi connectivity index (χ0n) is 19.3. The predicted molar refractivity (Wildman–Crippen MR) is 132 cm³/mol. The zero-order chi connectivity index (χ0) is 24.7. The van der Waals surface area contributed by atoms with Crippen molar-refractivity contribution in [1.82, 2.24) is 0 Å².